The number of thiazole rings is 1. The summed E-state index contributed by atoms with van der Waals surface area (Å²) in [6, 6.07) is 3.04. The molecule has 2 aromatic heterocycles. The Morgan fingerprint density at radius 1 is 1.42 bits per heavy atom. The lowest BCUT2D eigenvalue weighted by molar-refractivity contribution is 0.0347. The minimum atomic E-state index is -0.617. The van der Waals surface area contributed by atoms with Gasteiger partial charge in [0, 0.05) is 25.0 Å². The van der Waals surface area contributed by atoms with Crippen LogP contribution in [0.5, 0.6) is 0 Å². The number of hydrogen-bond acceptors (Lipinski definition) is 7. The molecule has 3 rings (SSSR count). The minimum Gasteiger partial charge on any atom is -0.390 e. The Kier molecular flexibility index (Phi) is 5.40. The highest BCUT2D eigenvalue weighted by Gasteiger charge is 2.29. The average molecular weight is 365 g/mol. The molecule has 2 aromatic rings. The monoisotopic (exact) mass is 365 g/mol. The van der Waals surface area contributed by atoms with E-state index in [4.69, 9.17) is 0 Å². The second kappa shape index (κ2) is 7.52. The highest BCUT2D eigenvalue weighted by Crippen LogP contribution is 2.19. The predicted octanol–water partition coefficient (Wildman–Crippen LogP) is 1.77. The van der Waals surface area contributed by atoms with Gasteiger partial charge in [-0.3, -0.25) is 14.5 Å². The van der Waals surface area contributed by atoms with Crippen molar-refractivity contribution >= 4 is 34.4 Å². The fraction of sp³-hybridized carbons (Fsp3) is 0.438. The second-order valence-electron chi connectivity index (χ2n) is 5.87. The van der Waals surface area contributed by atoms with E-state index in [0.29, 0.717) is 29.3 Å². The van der Waals surface area contributed by atoms with Gasteiger partial charge < -0.3 is 10.4 Å². The molecule has 0 spiro atoms. The second-order valence-corrected chi connectivity index (χ2v) is 7.67. The van der Waals surface area contributed by atoms with Gasteiger partial charge in [0.25, 0.3) is 5.91 Å². The molecule has 8 heteroatoms. The number of aliphatic hydroxyl groups excluding tert-OH is 1. The van der Waals surface area contributed by atoms with Crippen LogP contribution in [0.2, 0.25) is 0 Å². The highest BCUT2D eigenvalue weighted by atomic mass is 32.1. The molecule has 2 atom stereocenters. The van der Waals surface area contributed by atoms with E-state index in [1.165, 1.54) is 18.3 Å². The molecule has 1 aliphatic heterocycles. The van der Waals surface area contributed by atoms with Crippen molar-refractivity contribution < 1.29 is 14.7 Å². The molecule has 1 aliphatic rings. The van der Waals surface area contributed by atoms with Crippen LogP contribution in [-0.4, -0.2) is 51.9 Å². The van der Waals surface area contributed by atoms with Crippen LogP contribution in [-0.2, 0) is 6.54 Å². The van der Waals surface area contributed by atoms with Crippen molar-refractivity contribution in [1.29, 1.82) is 0 Å². The van der Waals surface area contributed by atoms with Gasteiger partial charge in [0.1, 0.15) is 0 Å². The standard InChI is InChI=1S/C16H19N3O3S2/c1-10(20)14-2-3-15(24-14)16(22)18-12-4-5-19(7-13(12)21)6-11-8-23-9-17-11/h2-3,8-9,12-13,21H,4-7H2,1H3,(H,18,22)/t12-,13-/m1/s1. The Morgan fingerprint density at radius 3 is 2.83 bits per heavy atom. The Morgan fingerprint density at radius 2 is 2.21 bits per heavy atom. The first-order valence-electron chi connectivity index (χ1n) is 7.72. The number of nitrogens with zero attached hydrogens (tertiary/aromatic N) is 2. The van der Waals surface area contributed by atoms with Crippen molar-refractivity contribution in [2.24, 2.45) is 0 Å². The molecular formula is C16H19N3O3S2. The lowest BCUT2D eigenvalue weighted by atomic mass is 10.0. The Bertz CT molecular complexity index is 714. The van der Waals surface area contributed by atoms with Gasteiger partial charge in [0.05, 0.1) is 33.1 Å². The van der Waals surface area contributed by atoms with Crippen molar-refractivity contribution in [3.8, 4) is 0 Å². The maximum absolute atomic E-state index is 12.3. The highest BCUT2D eigenvalue weighted by molar-refractivity contribution is 7.16. The summed E-state index contributed by atoms with van der Waals surface area (Å²) in [6.45, 7) is 3.50. The first-order valence-corrected chi connectivity index (χ1v) is 9.48. The molecule has 24 heavy (non-hydrogen) atoms. The van der Waals surface area contributed by atoms with E-state index in [2.05, 4.69) is 15.2 Å². The number of amides is 1. The first kappa shape index (κ1) is 17.2. The molecule has 128 valence electrons. The fourth-order valence-corrected chi connectivity index (χ4v) is 4.10. The maximum Gasteiger partial charge on any atom is 0.261 e. The van der Waals surface area contributed by atoms with Crippen LogP contribution in [0.25, 0.3) is 0 Å². The number of β-amino-alcohol motifs (C(OH)–C–C–N with tert-alkyl or cyclic N) is 1. The smallest absolute Gasteiger partial charge is 0.261 e. The summed E-state index contributed by atoms with van der Waals surface area (Å²) in [5.74, 6) is -0.279. The lowest BCUT2D eigenvalue weighted by Gasteiger charge is -2.35. The molecule has 3 heterocycles. The van der Waals surface area contributed by atoms with Crippen molar-refractivity contribution in [2.75, 3.05) is 13.1 Å². The Labute approximate surface area is 148 Å². The summed E-state index contributed by atoms with van der Waals surface area (Å²) in [4.78, 5) is 31.1. The van der Waals surface area contributed by atoms with Gasteiger partial charge in [-0.2, -0.15) is 0 Å². The summed E-state index contributed by atoms with van der Waals surface area (Å²) >= 11 is 2.74. The van der Waals surface area contributed by atoms with Gasteiger partial charge in [-0.25, -0.2) is 4.98 Å². The number of nitrogens with one attached hydrogen (secondary N) is 1. The van der Waals surface area contributed by atoms with E-state index in [1.807, 2.05) is 5.38 Å². The number of carbonyl (C=O) groups is 2. The topological polar surface area (TPSA) is 82.5 Å². The normalized spacial score (nSPS) is 21.6. The van der Waals surface area contributed by atoms with E-state index in [9.17, 15) is 14.7 Å². The van der Waals surface area contributed by atoms with Crippen molar-refractivity contribution in [3.05, 3.63) is 38.5 Å². The number of aliphatic hydroxyl groups is 1. The zero-order valence-corrected chi connectivity index (χ0v) is 14.9. The Balaban J connectivity index is 1.54. The van der Waals surface area contributed by atoms with Gasteiger partial charge in [0.15, 0.2) is 5.78 Å². The number of carbonyl (C=O) groups excluding carboxylic acids is 2. The molecular weight excluding hydrogens is 346 g/mol. The van der Waals surface area contributed by atoms with Gasteiger partial charge in [-0.05, 0) is 25.5 Å². The number of Topliss-reactive ketones (excluding diaryl/α,β-unsaturated/α-hetero) is 1. The van der Waals surface area contributed by atoms with E-state index < -0.39 is 6.10 Å². The van der Waals surface area contributed by atoms with Gasteiger partial charge in [0.2, 0.25) is 0 Å². The summed E-state index contributed by atoms with van der Waals surface area (Å²) < 4.78 is 0. The molecule has 0 bridgehead atoms. The van der Waals surface area contributed by atoms with E-state index >= 15 is 0 Å². The van der Waals surface area contributed by atoms with Crippen LogP contribution in [0.4, 0.5) is 0 Å². The van der Waals surface area contributed by atoms with Crippen LogP contribution in [0.15, 0.2) is 23.0 Å². The minimum absolute atomic E-state index is 0.0468. The van der Waals surface area contributed by atoms with Crippen LogP contribution >= 0.6 is 22.7 Å². The van der Waals surface area contributed by atoms with E-state index in [1.54, 1.807) is 29.0 Å². The summed E-state index contributed by atoms with van der Waals surface area (Å²) in [5, 5.41) is 15.2. The summed E-state index contributed by atoms with van der Waals surface area (Å²) in [7, 11) is 0. The first-order chi connectivity index (χ1) is 11.5. The predicted molar refractivity (Wildman–Crippen MR) is 93.6 cm³/mol. The molecule has 0 aromatic carbocycles. The third-order valence-corrected chi connectivity index (χ3v) is 5.85. The third kappa shape index (κ3) is 4.07. The number of piperidine rings is 1. The molecule has 0 unspecified atom stereocenters. The van der Waals surface area contributed by atoms with Crippen molar-refractivity contribution in [3.63, 3.8) is 0 Å². The number of hydrogen-bond donors (Lipinski definition) is 2. The van der Waals surface area contributed by atoms with Crippen molar-refractivity contribution in [2.45, 2.75) is 32.0 Å². The molecule has 6 nitrogen and oxygen atoms in total. The van der Waals surface area contributed by atoms with Crippen molar-refractivity contribution in [1.82, 2.24) is 15.2 Å². The van der Waals surface area contributed by atoms with Crippen LogP contribution in [0, 0.1) is 0 Å². The van der Waals surface area contributed by atoms with Gasteiger partial charge in [-0.15, -0.1) is 22.7 Å². The maximum atomic E-state index is 12.3. The summed E-state index contributed by atoms with van der Waals surface area (Å²) in [6.07, 6.45) is 0.0655. The lowest BCUT2D eigenvalue weighted by Crippen LogP contribution is -2.53. The molecule has 0 saturated carbocycles. The van der Waals surface area contributed by atoms with Gasteiger partial charge >= 0.3 is 0 Å². The number of aromatic nitrogens is 1. The molecule has 1 amide bonds. The number of likely N-dealkylation sites (tertiary alicyclic amines) is 1. The van der Waals surface area contributed by atoms with Crippen LogP contribution < -0.4 is 5.32 Å². The Hall–Kier alpha value is -1.61. The van der Waals surface area contributed by atoms with Crippen LogP contribution in [0.1, 0.15) is 38.4 Å². The van der Waals surface area contributed by atoms with Gasteiger partial charge in [-0.1, -0.05) is 0 Å². The zero-order chi connectivity index (χ0) is 17.1. The fourth-order valence-electron chi connectivity index (χ4n) is 2.74. The molecule has 0 radical (unpaired) electrons. The number of thiophene rings is 1. The molecule has 2 N–H and O–H groups in total. The molecule has 1 fully saturated rings. The number of rotatable bonds is 5. The third-order valence-electron chi connectivity index (χ3n) is 4.03. The number of ketones is 1. The van der Waals surface area contributed by atoms with E-state index in [0.717, 1.165) is 12.2 Å². The quantitative estimate of drug-likeness (QED) is 0.789. The summed E-state index contributed by atoms with van der Waals surface area (Å²) in [5.41, 5.74) is 2.81. The molecule has 1 saturated heterocycles. The zero-order valence-electron chi connectivity index (χ0n) is 13.3. The van der Waals surface area contributed by atoms with Crippen LogP contribution in [0.3, 0.4) is 0 Å². The largest absolute Gasteiger partial charge is 0.390 e. The average Bonchev–Trinajstić information content (AvgIpc) is 3.21. The SMILES string of the molecule is CC(=O)c1ccc(C(=O)N[C@@H]2CCN(Cc3cscn3)C[C@H]2O)s1. The molecule has 0 aliphatic carbocycles. The van der Waals surface area contributed by atoms with E-state index in [-0.39, 0.29) is 17.7 Å².